The number of unbranched alkanes of at least 4 members (excludes halogenated alkanes) is 4. The maximum Gasteiger partial charge on any atom is 0.305 e. The lowest BCUT2D eigenvalue weighted by atomic mass is 10.1. The molecule has 1 aliphatic rings. The molecule has 3 heteroatoms. The minimum absolute atomic E-state index is 0.127. The summed E-state index contributed by atoms with van der Waals surface area (Å²) in [6.45, 7) is 2.24. The minimum atomic E-state index is -0.127. The van der Waals surface area contributed by atoms with Gasteiger partial charge < -0.3 is 9.47 Å². The second kappa shape index (κ2) is 14.0. The second-order valence-electron chi connectivity index (χ2n) is 6.30. The van der Waals surface area contributed by atoms with Gasteiger partial charge >= 0.3 is 5.97 Å². The molecule has 1 aliphatic heterocycles. The molecule has 0 spiro atoms. The minimum Gasteiger partial charge on any atom is -0.469 e. The Kier molecular flexibility index (Phi) is 12.1. The molecule has 0 amide bonds. The van der Waals surface area contributed by atoms with Gasteiger partial charge in [-0.25, -0.2) is 0 Å². The van der Waals surface area contributed by atoms with Gasteiger partial charge in [0.15, 0.2) is 0 Å². The van der Waals surface area contributed by atoms with Gasteiger partial charge in [-0.05, 0) is 44.9 Å². The third-order valence-electron chi connectivity index (χ3n) is 4.15. The highest BCUT2D eigenvalue weighted by Crippen LogP contribution is 2.29. The highest BCUT2D eigenvalue weighted by Gasteiger charge is 2.35. The molecule has 0 aromatic rings. The van der Waals surface area contributed by atoms with Crippen LogP contribution in [0, 0.1) is 0 Å². The van der Waals surface area contributed by atoms with E-state index < -0.39 is 0 Å². The SMILES string of the molecule is CCCCC/C=C/CC1OC1C/C=C/C/C=C/CCCC(=O)OC. The fraction of sp³-hybridized carbons (Fsp3) is 0.667. The van der Waals surface area contributed by atoms with E-state index in [1.807, 2.05) is 0 Å². The molecule has 1 fully saturated rings. The molecule has 0 bridgehead atoms. The molecule has 0 saturated carbocycles. The Bertz CT molecular complexity index is 409. The Hall–Kier alpha value is -1.35. The Balaban J connectivity index is 1.92. The smallest absolute Gasteiger partial charge is 0.305 e. The molecule has 1 heterocycles. The molecule has 24 heavy (non-hydrogen) atoms. The Morgan fingerprint density at radius 1 is 0.917 bits per heavy atom. The van der Waals surface area contributed by atoms with Crippen molar-refractivity contribution in [1.82, 2.24) is 0 Å². The Morgan fingerprint density at radius 2 is 1.54 bits per heavy atom. The molecule has 136 valence electrons. The summed E-state index contributed by atoms with van der Waals surface area (Å²) in [6, 6.07) is 0. The van der Waals surface area contributed by atoms with Crippen LogP contribution >= 0.6 is 0 Å². The summed E-state index contributed by atoms with van der Waals surface area (Å²) in [5.41, 5.74) is 0. The number of esters is 1. The van der Waals surface area contributed by atoms with Crippen LogP contribution in [0.4, 0.5) is 0 Å². The van der Waals surface area contributed by atoms with Gasteiger partial charge in [0.1, 0.15) is 0 Å². The number of carbonyl (C=O) groups is 1. The first-order valence-corrected chi connectivity index (χ1v) is 9.45. The van der Waals surface area contributed by atoms with Gasteiger partial charge in [-0.3, -0.25) is 4.79 Å². The molecule has 0 radical (unpaired) electrons. The molecule has 0 N–H and O–H groups in total. The van der Waals surface area contributed by atoms with Crippen molar-refractivity contribution in [2.75, 3.05) is 7.11 Å². The van der Waals surface area contributed by atoms with Crippen LogP contribution in [0.25, 0.3) is 0 Å². The highest BCUT2D eigenvalue weighted by molar-refractivity contribution is 5.69. The van der Waals surface area contributed by atoms with Gasteiger partial charge in [-0.15, -0.1) is 0 Å². The summed E-state index contributed by atoms with van der Waals surface area (Å²) in [6.07, 6.45) is 24.6. The normalized spacial score (nSPS) is 20.4. The number of hydrogen-bond acceptors (Lipinski definition) is 3. The van der Waals surface area contributed by atoms with Crippen molar-refractivity contribution in [3.05, 3.63) is 36.5 Å². The number of rotatable bonds is 14. The lowest BCUT2D eigenvalue weighted by Gasteiger charge is -1.95. The fourth-order valence-corrected chi connectivity index (χ4v) is 2.54. The van der Waals surface area contributed by atoms with Crippen LogP contribution in [0.2, 0.25) is 0 Å². The molecular formula is C21H34O3. The maximum atomic E-state index is 10.9. The lowest BCUT2D eigenvalue weighted by molar-refractivity contribution is -0.140. The first kappa shape index (κ1) is 20.7. The van der Waals surface area contributed by atoms with E-state index in [1.54, 1.807) is 0 Å². The van der Waals surface area contributed by atoms with Crippen LogP contribution in [0.5, 0.6) is 0 Å². The topological polar surface area (TPSA) is 38.8 Å². The summed E-state index contributed by atoms with van der Waals surface area (Å²) >= 11 is 0. The molecule has 3 nitrogen and oxygen atoms in total. The average molecular weight is 335 g/mol. The molecule has 0 aromatic carbocycles. The first-order valence-electron chi connectivity index (χ1n) is 9.45. The summed E-state index contributed by atoms with van der Waals surface area (Å²) < 4.78 is 10.3. The van der Waals surface area contributed by atoms with E-state index in [0.29, 0.717) is 18.6 Å². The van der Waals surface area contributed by atoms with Crippen LogP contribution in [-0.4, -0.2) is 25.3 Å². The summed E-state index contributed by atoms with van der Waals surface area (Å²) in [5, 5.41) is 0. The van der Waals surface area contributed by atoms with Crippen molar-refractivity contribution in [3.8, 4) is 0 Å². The van der Waals surface area contributed by atoms with Crippen molar-refractivity contribution >= 4 is 5.97 Å². The van der Waals surface area contributed by atoms with E-state index in [4.69, 9.17) is 4.74 Å². The fourth-order valence-electron chi connectivity index (χ4n) is 2.54. The molecule has 2 atom stereocenters. The van der Waals surface area contributed by atoms with Gasteiger partial charge in [0.25, 0.3) is 0 Å². The maximum absolute atomic E-state index is 10.9. The van der Waals surface area contributed by atoms with Crippen LogP contribution in [0.1, 0.15) is 71.1 Å². The second-order valence-corrected chi connectivity index (χ2v) is 6.30. The van der Waals surface area contributed by atoms with E-state index in [0.717, 1.165) is 32.1 Å². The van der Waals surface area contributed by atoms with E-state index in [2.05, 4.69) is 48.1 Å². The zero-order valence-corrected chi connectivity index (χ0v) is 15.4. The molecule has 2 unspecified atom stereocenters. The lowest BCUT2D eigenvalue weighted by Crippen LogP contribution is -1.98. The Morgan fingerprint density at radius 3 is 2.25 bits per heavy atom. The van der Waals surface area contributed by atoms with Crippen molar-refractivity contribution in [1.29, 1.82) is 0 Å². The number of allylic oxidation sites excluding steroid dienone is 4. The zero-order chi connectivity index (χ0) is 17.5. The third kappa shape index (κ3) is 11.2. The summed E-state index contributed by atoms with van der Waals surface area (Å²) in [4.78, 5) is 10.9. The van der Waals surface area contributed by atoms with Crippen molar-refractivity contribution in [3.63, 3.8) is 0 Å². The summed E-state index contributed by atoms with van der Waals surface area (Å²) in [5.74, 6) is -0.127. The van der Waals surface area contributed by atoms with E-state index in [-0.39, 0.29) is 5.97 Å². The van der Waals surface area contributed by atoms with Gasteiger partial charge in [0.2, 0.25) is 0 Å². The number of ether oxygens (including phenoxy) is 2. The van der Waals surface area contributed by atoms with Gasteiger partial charge in [-0.2, -0.15) is 0 Å². The largest absolute Gasteiger partial charge is 0.469 e. The van der Waals surface area contributed by atoms with E-state index in [9.17, 15) is 4.79 Å². The van der Waals surface area contributed by atoms with Crippen molar-refractivity contribution in [2.24, 2.45) is 0 Å². The van der Waals surface area contributed by atoms with Crippen molar-refractivity contribution < 1.29 is 14.3 Å². The zero-order valence-electron chi connectivity index (χ0n) is 15.4. The average Bonchev–Trinajstić information content (AvgIpc) is 3.34. The molecular weight excluding hydrogens is 300 g/mol. The summed E-state index contributed by atoms with van der Waals surface area (Å²) in [7, 11) is 1.43. The quantitative estimate of drug-likeness (QED) is 0.182. The predicted molar refractivity (Wildman–Crippen MR) is 99.9 cm³/mol. The molecule has 0 aliphatic carbocycles. The first-order chi connectivity index (χ1) is 11.8. The third-order valence-corrected chi connectivity index (χ3v) is 4.15. The van der Waals surface area contributed by atoms with Crippen LogP contribution in [0.3, 0.4) is 0 Å². The highest BCUT2D eigenvalue weighted by atomic mass is 16.6. The van der Waals surface area contributed by atoms with Crippen LogP contribution < -0.4 is 0 Å². The molecule has 1 saturated heterocycles. The van der Waals surface area contributed by atoms with Gasteiger partial charge in [-0.1, -0.05) is 56.2 Å². The van der Waals surface area contributed by atoms with Crippen LogP contribution in [-0.2, 0) is 14.3 Å². The standard InChI is InChI=1S/C21H34O3/c1-3-4-5-6-10-13-16-19-20(24-19)17-14-11-8-7-9-12-15-18-21(22)23-2/h7,9-11,13-14,19-20H,3-6,8,12,15-18H2,1-2H3/b9-7+,13-10+,14-11+. The molecule has 0 aromatic heterocycles. The van der Waals surface area contributed by atoms with E-state index in [1.165, 1.54) is 32.8 Å². The van der Waals surface area contributed by atoms with Gasteiger partial charge in [0.05, 0.1) is 19.3 Å². The Labute approximate surface area is 147 Å². The molecule has 1 rings (SSSR count). The number of carbonyl (C=O) groups excluding carboxylic acids is 1. The predicted octanol–water partition coefficient (Wildman–Crippen LogP) is 5.52. The van der Waals surface area contributed by atoms with Gasteiger partial charge in [0, 0.05) is 6.42 Å². The monoisotopic (exact) mass is 334 g/mol. The van der Waals surface area contributed by atoms with E-state index >= 15 is 0 Å². The van der Waals surface area contributed by atoms with Crippen molar-refractivity contribution in [2.45, 2.75) is 83.3 Å². The number of methoxy groups -OCH3 is 1. The number of hydrogen-bond donors (Lipinski definition) is 0. The van der Waals surface area contributed by atoms with Crippen LogP contribution in [0.15, 0.2) is 36.5 Å². The number of epoxide rings is 1.